The standard InChI is InChI=1S/C12H16Br2N2O2/c13-7-5-11-3-1-2-4-12(11,6-8(7)14)10(18)16(15)9(11)17/h7-8H,1-6,15H2/t7-,8-,11-,12+/m1/s1. The van der Waals surface area contributed by atoms with Gasteiger partial charge in [-0.3, -0.25) is 9.59 Å². The van der Waals surface area contributed by atoms with Crippen LogP contribution in [-0.4, -0.2) is 26.5 Å². The Morgan fingerprint density at radius 1 is 1.00 bits per heavy atom. The molecule has 0 spiro atoms. The van der Waals surface area contributed by atoms with Crippen molar-refractivity contribution >= 4 is 43.7 Å². The van der Waals surface area contributed by atoms with Crippen LogP contribution in [0.2, 0.25) is 0 Å². The highest BCUT2D eigenvalue weighted by molar-refractivity contribution is 9.12. The van der Waals surface area contributed by atoms with E-state index < -0.39 is 10.8 Å². The molecule has 2 aliphatic carbocycles. The summed E-state index contributed by atoms with van der Waals surface area (Å²) in [6.45, 7) is 0. The zero-order valence-electron chi connectivity index (χ0n) is 9.99. The van der Waals surface area contributed by atoms with Gasteiger partial charge in [0.15, 0.2) is 0 Å². The van der Waals surface area contributed by atoms with Crippen molar-refractivity contribution in [1.29, 1.82) is 0 Å². The second kappa shape index (κ2) is 4.03. The lowest BCUT2D eigenvalue weighted by molar-refractivity contribution is -0.143. The first-order valence-electron chi connectivity index (χ1n) is 6.36. The molecule has 0 radical (unpaired) electrons. The van der Waals surface area contributed by atoms with Crippen molar-refractivity contribution in [2.75, 3.05) is 0 Å². The number of carbonyl (C=O) groups excluding carboxylic acids is 2. The van der Waals surface area contributed by atoms with Gasteiger partial charge in [-0.25, -0.2) is 10.9 Å². The lowest BCUT2D eigenvalue weighted by atomic mass is 9.51. The predicted octanol–water partition coefficient (Wildman–Crippen LogP) is 2.10. The normalized spacial score (nSPS) is 48.1. The van der Waals surface area contributed by atoms with Gasteiger partial charge in [0.1, 0.15) is 0 Å². The molecule has 4 nitrogen and oxygen atoms in total. The largest absolute Gasteiger partial charge is 0.272 e. The molecule has 2 N–H and O–H groups in total. The van der Waals surface area contributed by atoms with Crippen molar-refractivity contribution in [2.24, 2.45) is 16.7 Å². The number of amides is 2. The minimum Gasteiger partial charge on any atom is -0.272 e. The van der Waals surface area contributed by atoms with Gasteiger partial charge >= 0.3 is 0 Å². The van der Waals surface area contributed by atoms with E-state index in [4.69, 9.17) is 5.84 Å². The van der Waals surface area contributed by atoms with E-state index in [0.29, 0.717) is 12.8 Å². The lowest BCUT2D eigenvalue weighted by Gasteiger charge is -2.51. The number of hydrazine groups is 1. The Hall–Kier alpha value is 0.0600. The molecule has 0 aromatic rings. The lowest BCUT2D eigenvalue weighted by Crippen LogP contribution is -2.54. The van der Waals surface area contributed by atoms with Gasteiger partial charge < -0.3 is 0 Å². The van der Waals surface area contributed by atoms with Gasteiger partial charge in [0, 0.05) is 9.65 Å². The van der Waals surface area contributed by atoms with Crippen molar-refractivity contribution in [3.05, 3.63) is 0 Å². The van der Waals surface area contributed by atoms with Crippen LogP contribution in [0.15, 0.2) is 0 Å². The van der Waals surface area contributed by atoms with Gasteiger partial charge in [0.2, 0.25) is 0 Å². The number of hydrogen-bond donors (Lipinski definition) is 1. The molecule has 1 heterocycles. The van der Waals surface area contributed by atoms with E-state index in [1.54, 1.807) is 0 Å². The number of halogens is 2. The molecule has 100 valence electrons. The third-order valence-corrected chi connectivity index (χ3v) is 7.74. The second-order valence-electron chi connectivity index (χ2n) is 5.79. The average Bonchev–Trinajstić information content (AvgIpc) is 2.51. The Balaban J connectivity index is 2.14. The first-order valence-corrected chi connectivity index (χ1v) is 8.20. The SMILES string of the molecule is NN1C(=O)[C@@]23CCCC[C@@]2(C[C@@H](Br)[C@H](Br)C3)C1=O. The molecule has 4 atom stereocenters. The maximum absolute atomic E-state index is 12.5. The van der Waals surface area contributed by atoms with Crippen LogP contribution in [0.1, 0.15) is 38.5 Å². The van der Waals surface area contributed by atoms with Crippen LogP contribution < -0.4 is 5.84 Å². The summed E-state index contributed by atoms with van der Waals surface area (Å²) in [7, 11) is 0. The van der Waals surface area contributed by atoms with Crippen molar-refractivity contribution < 1.29 is 9.59 Å². The van der Waals surface area contributed by atoms with E-state index in [0.717, 1.165) is 30.7 Å². The number of hydrogen-bond acceptors (Lipinski definition) is 3. The summed E-state index contributed by atoms with van der Waals surface area (Å²) < 4.78 is 0. The van der Waals surface area contributed by atoms with E-state index in [1.807, 2.05) is 0 Å². The number of imide groups is 1. The van der Waals surface area contributed by atoms with Crippen LogP contribution in [-0.2, 0) is 9.59 Å². The first kappa shape index (κ1) is 13.1. The van der Waals surface area contributed by atoms with E-state index in [9.17, 15) is 9.59 Å². The van der Waals surface area contributed by atoms with Gasteiger partial charge in [-0.2, -0.15) is 0 Å². The molecular formula is C12H16Br2N2O2. The summed E-state index contributed by atoms with van der Waals surface area (Å²) in [5.41, 5.74) is -1.09. The summed E-state index contributed by atoms with van der Waals surface area (Å²) >= 11 is 7.28. The van der Waals surface area contributed by atoms with Crippen molar-refractivity contribution in [3.63, 3.8) is 0 Å². The van der Waals surface area contributed by atoms with E-state index in [2.05, 4.69) is 31.9 Å². The molecule has 3 rings (SSSR count). The molecule has 0 bridgehead atoms. The van der Waals surface area contributed by atoms with Crippen LogP contribution >= 0.6 is 31.9 Å². The minimum absolute atomic E-state index is 0.156. The molecule has 0 aromatic heterocycles. The van der Waals surface area contributed by atoms with Gasteiger partial charge in [0.05, 0.1) is 10.8 Å². The van der Waals surface area contributed by atoms with Crippen LogP contribution in [0.3, 0.4) is 0 Å². The minimum atomic E-state index is -0.546. The number of nitrogens with zero attached hydrogens (tertiary/aromatic N) is 1. The third kappa shape index (κ3) is 1.34. The Morgan fingerprint density at radius 2 is 1.39 bits per heavy atom. The van der Waals surface area contributed by atoms with Crippen molar-refractivity contribution in [2.45, 2.75) is 48.2 Å². The Morgan fingerprint density at radius 3 is 1.78 bits per heavy atom. The second-order valence-corrected chi connectivity index (χ2v) is 8.14. The maximum atomic E-state index is 12.5. The highest BCUT2D eigenvalue weighted by atomic mass is 79.9. The monoisotopic (exact) mass is 378 g/mol. The number of rotatable bonds is 0. The fourth-order valence-electron chi connectivity index (χ4n) is 4.20. The summed E-state index contributed by atoms with van der Waals surface area (Å²) in [6.07, 6.45) is 5.05. The molecule has 3 fully saturated rings. The molecule has 0 unspecified atom stereocenters. The van der Waals surface area contributed by atoms with Gasteiger partial charge in [-0.15, -0.1) is 0 Å². The summed E-state index contributed by atoms with van der Waals surface area (Å²) in [5, 5.41) is 0.899. The van der Waals surface area contributed by atoms with E-state index in [1.165, 1.54) is 0 Å². The quantitative estimate of drug-likeness (QED) is 0.303. The van der Waals surface area contributed by atoms with Crippen LogP contribution in [0.25, 0.3) is 0 Å². The smallest absolute Gasteiger partial charge is 0.250 e. The number of carbonyl (C=O) groups is 2. The number of nitrogens with two attached hydrogens (primary N) is 1. The summed E-state index contributed by atoms with van der Waals surface area (Å²) in [6, 6.07) is 0. The Bertz CT molecular complexity index is 392. The molecule has 2 saturated carbocycles. The average molecular weight is 380 g/mol. The van der Waals surface area contributed by atoms with Gasteiger partial charge in [-0.05, 0) is 25.7 Å². The zero-order chi connectivity index (χ0) is 13.1. The van der Waals surface area contributed by atoms with Crippen LogP contribution in [0, 0.1) is 10.8 Å². The van der Waals surface area contributed by atoms with Crippen LogP contribution in [0.4, 0.5) is 0 Å². The third-order valence-electron chi connectivity index (χ3n) is 5.11. The molecule has 18 heavy (non-hydrogen) atoms. The fourth-order valence-corrected chi connectivity index (χ4v) is 5.68. The van der Waals surface area contributed by atoms with Gasteiger partial charge in [-0.1, -0.05) is 44.7 Å². The predicted molar refractivity (Wildman–Crippen MR) is 74.0 cm³/mol. The molecule has 6 heteroatoms. The van der Waals surface area contributed by atoms with Crippen molar-refractivity contribution in [3.8, 4) is 0 Å². The highest BCUT2D eigenvalue weighted by Gasteiger charge is 2.71. The maximum Gasteiger partial charge on any atom is 0.250 e. The summed E-state index contributed by atoms with van der Waals surface area (Å²) in [5.74, 6) is 5.41. The van der Waals surface area contributed by atoms with E-state index >= 15 is 0 Å². The summed E-state index contributed by atoms with van der Waals surface area (Å²) in [4.78, 5) is 25.5. The number of alkyl halides is 2. The first-order chi connectivity index (χ1) is 8.44. The molecule has 1 aliphatic heterocycles. The van der Waals surface area contributed by atoms with E-state index in [-0.39, 0.29) is 21.5 Å². The fraction of sp³-hybridized carbons (Fsp3) is 0.833. The Kier molecular flexibility index (Phi) is 2.92. The topological polar surface area (TPSA) is 63.4 Å². The molecule has 0 aromatic carbocycles. The Labute approximate surface area is 123 Å². The van der Waals surface area contributed by atoms with Crippen molar-refractivity contribution in [1.82, 2.24) is 5.01 Å². The van der Waals surface area contributed by atoms with Gasteiger partial charge in [0.25, 0.3) is 11.8 Å². The zero-order valence-corrected chi connectivity index (χ0v) is 13.2. The van der Waals surface area contributed by atoms with Crippen LogP contribution in [0.5, 0.6) is 0 Å². The highest BCUT2D eigenvalue weighted by Crippen LogP contribution is 2.65. The molecular weight excluding hydrogens is 364 g/mol. The molecule has 2 amide bonds. The molecule has 3 aliphatic rings. The molecule has 1 saturated heterocycles.